The molecule has 2 rings (SSSR count). The average molecular weight is 447 g/mol. The van der Waals surface area contributed by atoms with Gasteiger partial charge in [-0.25, -0.2) is 16.8 Å². The van der Waals surface area contributed by atoms with Crippen LogP contribution in [0.3, 0.4) is 0 Å². The Bertz CT molecular complexity index is 1220. The molecule has 0 aliphatic carbocycles. The molecule has 0 atom stereocenters. The van der Waals surface area contributed by atoms with Gasteiger partial charge >= 0.3 is 0 Å². The number of nitrogens with one attached hydrogen (secondary N) is 2. The standard InChI is InChI=1S/C16H18N2O7S3/c1-26(19,20)17-14-8-4-12(5-9-14)3-6-13-7-10-15(18-27(2,21)22)11-16(13)28(23,24)25/h3-11,17-18H,1-2H3,(H,23,24,25). The van der Waals surface area contributed by atoms with Gasteiger partial charge in [-0.3, -0.25) is 14.0 Å². The van der Waals surface area contributed by atoms with Crippen LogP contribution in [0, 0.1) is 0 Å². The summed E-state index contributed by atoms with van der Waals surface area (Å²) in [5.41, 5.74) is 1.14. The first-order chi connectivity index (χ1) is 12.7. The minimum absolute atomic E-state index is 0.0107. The van der Waals surface area contributed by atoms with Gasteiger partial charge in [0.05, 0.1) is 12.5 Å². The normalized spacial score (nSPS) is 12.8. The van der Waals surface area contributed by atoms with Gasteiger partial charge in [0.2, 0.25) is 20.0 Å². The molecule has 9 nitrogen and oxygen atoms in total. The topological polar surface area (TPSA) is 147 Å². The first-order valence-corrected chi connectivity index (χ1v) is 12.8. The highest BCUT2D eigenvalue weighted by atomic mass is 32.2. The maximum absolute atomic E-state index is 11.6. The minimum Gasteiger partial charge on any atom is -0.284 e. The molecule has 28 heavy (non-hydrogen) atoms. The molecule has 0 aliphatic rings. The molecule has 0 aliphatic heterocycles. The van der Waals surface area contributed by atoms with Gasteiger partial charge in [0, 0.05) is 11.4 Å². The Kier molecular flexibility index (Phi) is 6.18. The van der Waals surface area contributed by atoms with Gasteiger partial charge in [0.1, 0.15) is 4.90 Å². The van der Waals surface area contributed by atoms with Crippen molar-refractivity contribution < 1.29 is 29.8 Å². The fraction of sp³-hybridized carbons (Fsp3) is 0.125. The Morgan fingerprint density at radius 1 is 0.750 bits per heavy atom. The summed E-state index contributed by atoms with van der Waals surface area (Å²) < 4.78 is 82.1. The van der Waals surface area contributed by atoms with E-state index in [1.807, 2.05) is 0 Å². The number of hydrogen-bond donors (Lipinski definition) is 3. The first kappa shape index (κ1) is 21.9. The van der Waals surface area contributed by atoms with Crippen molar-refractivity contribution in [2.75, 3.05) is 22.0 Å². The third-order valence-electron chi connectivity index (χ3n) is 3.26. The van der Waals surface area contributed by atoms with Crippen molar-refractivity contribution >= 4 is 53.7 Å². The summed E-state index contributed by atoms with van der Waals surface area (Å²) in [5, 5.41) is 0. The highest BCUT2D eigenvalue weighted by Crippen LogP contribution is 2.23. The second-order valence-electron chi connectivity index (χ2n) is 5.93. The second-order valence-corrected chi connectivity index (χ2v) is 10.8. The number of rotatable bonds is 7. The second kappa shape index (κ2) is 7.91. The Morgan fingerprint density at radius 3 is 1.75 bits per heavy atom. The van der Waals surface area contributed by atoms with Crippen LogP contribution in [-0.2, 0) is 30.2 Å². The van der Waals surface area contributed by atoms with E-state index in [9.17, 15) is 29.8 Å². The molecular weight excluding hydrogens is 428 g/mol. The lowest BCUT2D eigenvalue weighted by Gasteiger charge is -2.08. The van der Waals surface area contributed by atoms with E-state index in [2.05, 4.69) is 9.44 Å². The predicted octanol–water partition coefficient (Wildman–Crippen LogP) is 1.85. The van der Waals surface area contributed by atoms with Crippen LogP contribution in [0.4, 0.5) is 11.4 Å². The summed E-state index contributed by atoms with van der Waals surface area (Å²) in [4.78, 5) is -0.465. The van der Waals surface area contributed by atoms with Crippen molar-refractivity contribution in [3.05, 3.63) is 53.6 Å². The highest BCUT2D eigenvalue weighted by Gasteiger charge is 2.16. The van der Waals surface area contributed by atoms with Crippen molar-refractivity contribution in [3.8, 4) is 0 Å². The van der Waals surface area contributed by atoms with Crippen LogP contribution in [0.15, 0.2) is 47.4 Å². The van der Waals surface area contributed by atoms with Crippen LogP contribution in [0.25, 0.3) is 12.2 Å². The lowest BCUT2D eigenvalue weighted by molar-refractivity contribution is 0.483. The van der Waals surface area contributed by atoms with E-state index in [0.29, 0.717) is 11.3 Å². The fourth-order valence-electron chi connectivity index (χ4n) is 2.24. The third kappa shape index (κ3) is 6.96. The molecule has 0 aromatic heterocycles. The zero-order valence-corrected chi connectivity index (χ0v) is 17.3. The Balaban J connectivity index is 2.34. The average Bonchev–Trinajstić information content (AvgIpc) is 2.51. The van der Waals surface area contributed by atoms with Crippen LogP contribution >= 0.6 is 0 Å². The van der Waals surface area contributed by atoms with E-state index < -0.39 is 35.1 Å². The molecule has 2 aromatic carbocycles. The Labute approximate surface area is 164 Å². The quantitative estimate of drug-likeness (QED) is 0.434. The van der Waals surface area contributed by atoms with Crippen molar-refractivity contribution in [3.63, 3.8) is 0 Å². The maximum Gasteiger partial charge on any atom is 0.295 e. The Morgan fingerprint density at radius 2 is 1.25 bits per heavy atom. The lowest BCUT2D eigenvalue weighted by atomic mass is 10.1. The molecule has 2 aromatic rings. The number of hydrogen-bond acceptors (Lipinski definition) is 6. The Hall–Kier alpha value is -2.41. The van der Waals surface area contributed by atoms with Gasteiger partial charge in [0.15, 0.2) is 0 Å². The molecule has 0 saturated carbocycles. The van der Waals surface area contributed by atoms with Crippen molar-refractivity contribution in [2.24, 2.45) is 0 Å². The van der Waals surface area contributed by atoms with Crippen molar-refractivity contribution in [1.82, 2.24) is 0 Å². The van der Waals surface area contributed by atoms with Gasteiger partial charge in [-0.05, 0) is 35.4 Å². The van der Waals surface area contributed by atoms with Crippen LogP contribution in [0.1, 0.15) is 11.1 Å². The zero-order chi connectivity index (χ0) is 21.2. The molecule has 0 radical (unpaired) electrons. The molecule has 0 unspecified atom stereocenters. The molecule has 12 heteroatoms. The third-order valence-corrected chi connectivity index (χ3v) is 5.39. The summed E-state index contributed by atoms with van der Waals surface area (Å²) in [6.45, 7) is 0. The van der Waals surface area contributed by atoms with Crippen LogP contribution < -0.4 is 9.44 Å². The van der Waals surface area contributed by atoms with Crippen LogP contribution in [0.5, 0.6) is 0 Å². The van der Waals surface area contributed by atoms with E-state index >= 15 is 0 Å². The molecule has 3 N–H and O–H groups in total. The smallest absolute Gasteiger partial charge is 0.284 e. The monoisotopic (exact) mass is 446 g/mol. The van der Waals surface area contributed by atoms with Crippen molar-refractivity contribution in [2.45, 2.75) is 4.90 Å². The molecule has 0 saturated heterocycles. The summed E-state index contributed by atoms with van der Waals surface area (Å²) in [6.07, 6.45) is 4.92. The first-order valence-electron chi connectivity index (χ1n) is 7.58. The van der Waals surface area contributed by atoms with Gasteiger partial charge in [-0.2, -0.15) is 8.42 Å². The molecule has 152 valence electrons. The summed E-state index contributed by atoms with van der Waals surface area (Å²) in [7, 11) is -11.6. The van der Waals surface area contributed by atoms with Gasteiger partial charge in [-0.1, -0.05) is 30.4 Å². The van der Waals surface area contributed by atoms with Crippen LogP contribution in [0.2, 0.25) is 0 Å². The minimum atomic E-state index is -4.61. The molecule has 0 spiro atoms. The molecule has 0 heterocycles. The van der Waals surface area contributed by atoms with Crippen LogP contribution in [-0.4, -0.2) is 42.3 Å². The van der Waals surface area contributed by atoms with Crippen molar-refractivity contribution in [1.29, 1.82) is 0 Å². The van der Waals surface area contributed by atoms with Gasteiger partial charge < -0.3 is 0 Å². The molecule has 0 fully saturated rings. The van der Waals surface area contributed by atoms with E-state index in [1.54, 1.807) is 18.2 Å². The summed E-state index contributed by atoms with van der Waals surface area (Å²) in [5.74, 6) is 0. The SMILES string of the molecule is CS(=O)(=O)Nc1ccc(C=Cc2ccc(NS(C)(=O)=O)cc2S(=O)(=O)O)cc1. The van der Waals surface area contributed by atoms with E-state index in [-0.39, 0.29) is 11.3 Å². The lowest BCUT2D eigenvalue weighted by Crippen LogP contribution is -2.10. The predicted molar refractivity (Wildman–Crippen MR) is 109 cm³/mol. The molecule has 0 bridgehead atoms. The van der Waals surface area contributed by atoms with E-state index in [4.69, 9.17) is 0 Å². The largest absolute Gasteiger partial charge is 0.295 e. The number of anilines is 2. The fourth-order valence-corrected chi connectivity index (χ4v) is 4.06. The van der Waals surface area contributed by atoms with E-state index in [1.165, 1.54) is 30.3 Å². The van der Waals surface area contributed by atoms with Gasteiger partial charge in [-0.15, -0.1) is 0 Å². The molecular formula is C16H18N2O7S3. The highest BCUT2D eigenvalue weighted by molar-refractivity contribution is 7.92. The number of benzene rings is 2. The number of sulfonamides is 2. The van der Waals surface area contributed by atoms with E-state index in [0.717, 1.165) is 18.6 Å². The summed E-state index contributed by atoms with van der Waals surface area (Å²) in [6, 6.07) is 9.98. The summed E-state index contributed by atoms with van der Waals surface area (Å²) >= 11 is 0. The molecule has 0 amide bonds. The van der Waals surface area contributed by atoms with Gasteiger partial charge in [0.25, 0.3) is 10.1 Å². The zero-order valence-electron chi connectivity index (χ0n) is 14.8. The maximum atomic E-state index is 11.6.